The quantitative estimate of drug-likeness (QED) is 0.848. The lowest BCUT2D eigenvalue weighted by Gasteiger charge is -2.31. The van der Waals surface area contributed by atoms with Gasteiger partial charge in [0.25, 0.3) is 0 Å². The molecule has 0 bridgehead atoms. The molecule has 1 atom stereocenters. The second-order valence-corrected chi connectivity index (χ2v) is 8.17. The summed E-state index contributed by atoms with van der Waals surface area (Å²) in [6.07, 6.45) is 7.42. The predicted octanol–water partition coefficient (Wildman–Crippen LogP) is 3.11. The number of benzene rings is 1. The van der Waals surface area contributed by atoms with Crippen molar-refractivity contribution in [3.63, 3.8) is 0 Å². The lowest BCUT2D eigenvalue weighted by molar-refractivity contribution is -0.139. The number of morpholine rings is 1. The Morgan fingerprint density at radius 2 is 1.86 bits per heavy atom. The number of piperidine rings is 1. The summed E-state index contributed by atoms with van der Waals surface area (Å²) >= 11 is 0. The molecule has 0 radical (unpaired) electrons. The predicted molar refractivity (Wildman–Crippen MR) is 110 cm³/mol. The molecule has 3 aliphatic rings. The average Bonchev–Trinajstić information content (AvgIpc) is 2.79. The third kappa shape index (κ3) is 4.95. The summed E-state index contributed by atoms with van der Waals surface area (Å²) in [6, 6.07) is 8.49. The van der Waals surface area contributed by atoms with Crippen molar-refractivity contribution >= 4 is 11.5 Å². The number of allylic oxidation sites excluding steroid dienone is 2. The molecule has 1 unspecified atom stereocenters. The fourth-order valence-electron chi connectivity index (χ4n) is 4.39. The van der Waals surface area contributed by atoms with Crippen molar-refractivity contribution in [2.24, 2.45) is 11.8 Å². The topological polar surface area (TPSA) is 50.8 Å². The molecule has 1 amide bonds. The van der Waals surface area contributed by atoms with Gasteiger partial charge in [0, 0.05) is 19.0 Å². The fraction of sp³-hybridized carbons (Fsp3) is 0.609. The van der Waals surface area contributed by atoms with Crippen molar-refractivity contribution in [2.75, 3.05) is 46.0 Å². The molecule has 1 aromatic rings. The second-order valence-electron chi connectivity index (χ2n) is 8.17. The molecular weight excluding hydrogens is 352 g/mol. The normalized spacial score (nSPS) is 23.9. The molecule has 1 aliphatic carbocycles. The van der Waals surface area contributed by atoms with Gasteiger partial charge in [0.15, 0.2) is 0 Å². The molecule has 0 spiro atoms. The molecule has 1 N–H and O–H groups in total. The maximum absolute atomic E-state index is 12.7. The summed E-state index contributed by atoms with van der Waals surface area (Å²) in [7, 11) is 0. The lowest BCUT2D eigenvalue weighted by Crippen LogP contribution is -2.44. The SMILES string of the molecule is O=C(C1CC=C(c2ccc(OCC3CCNCC3)cc2)CC1)N1CCOCC1. The zero-order valence-corrected chi connectivity index (χ0v) is 16.7. The van der Waals surface area contributed by atoms with Gasteiger partial charge in [0.05, 0.1) is 19.8 Å². The molecule has 0 saturated carbocycles. The number of nitrogens with zero attached hydrogens (tertiary/aromatic N) is 1. The highest BCUT2D eigenvalue weighted by atomic mass is 16.5. The molecule has 28 heavy (non-hydrogen) atoms. The molecule has 0 aromatic heterocycles. The average molecular weight is 385 g/mol. The Balaban J connectivity index is 1.28. The van der Waals surface area contributed by atoms with Gasteiger partial charge in [-0.1, -0.05) is 18.2 Å². The smallest absolute Gasteiger partial charge is 0.226 e. The number of hydrogen-bond acceptors (Lipinski definition) is 4. The first kappa shape index (κ1) is 19.5. The summed E-state index contributed by atoms with van der Waals surface area (Å²) in [5.74, 6) is 2.07. The first-order valence-corrected chi connectivity index (χ1v) is 10.8. The molecule has 5 heteroatoms. The standard InChI is InChI=1S/C23H32N2O3/c26-23(25-13-15-27-16-14-25)21-3-1-19(2-4-21)20-5-7-22(8-6-20)28-17-18-9-11-24-12-10-18/h1,5-8,18,21,24H,2-4,9-17H2. The number of carbonyl (C=O) groups excluding carboxylic acids is 1. The zero-order chi connectivity index (χ0) is 19.2. The fourth-order valence-corrected chi connectivity index (χ4v) is 4.39. The largest absolute Gasteiger partial charge is 0.493 e. The Morgan fingerprint density at radius 3 is 2.54 bits per heavy atom. The summed E-state index contributed by atoms with van der Waals surface area (Å²) in [5, 5.41) is 3.39. The lowest BCUT2D eigenvalue weighted by atomic mass is 9.85. The van der Waals surface area contributed by atoms with Gasteiger partial charge in [-0.3, -0.25) is 4.79 Å². The van der Waals surface area contributed by atoms with Gasteiger partial charge in [0.2, 0.25) is 5.91 Å². The number of rotatable bonds is 5. The summed E-state index contributed by atoms with van der Waals surface area (Å²) in [6.45, 7) is 5.86. The van der Waals surface area contributed by atoms with Crippen molar-refractivity contribution in [1.82, 2.24) is 10.2 Å². The van der Waals surface area contributed by atoms with Crippen LogP contribution in [0.1, 0.15) is 37.7 Å². The van der Waals surface area contributed by atoms with Crippen LogP contribution in [-0.4, -0.2) is 56.8 Å². The van der Waals surface area contributed by atoms with Crippen LogP contribution < -0.4 is 10.1 Å². The van der Waals surface area contributed by atoms with Crippen molar-refractivity contribution in [2.45, 2.75) is 32.1 Å². The van der Waals surface area contributed by atoms with Crippen molar-refractivity contribution in [1.29, 1.82) is 0 Å². The third-order valence-electron chi connectivity index (χ3n) is 6.25. The Labute approximate surface area is 168 Å². The number of carbonyl (C=O) groups is 1. The number of amides is 1. The van der Waals surface area contributed by atoms with Gasteiger partial charge in [-0.25, -0.2) is 0 Å². The van der Waals surface area contributed by atoms with E-state index >= 15 is 0 Å². The van der Waals surface area contributed by atoms with E-state index in [1.54, 1.807) is 0 Å². The zero-order valence-electron chi connectivity index (χ0n) is 16.7. The van der Waals surface area contributed by atoms with Gasteiger partial charge in [-0.05, 0) is 74.4 Å². The van der Waals surface area contributed by atoms with Crippen LogP contribution in [-0.2, 0) is 9.53 Å². The molecule has 1 aromatic carbocycles. The van der Waals surface area contributed by atoms with E-state index in [0.717, 1.165) is 57.8 Å². The van der Waals surface area contributed by atoms with Crippen LogP contribution in [0.4, 0.5) is 0 Å². The van der Waals surface area contributed by atoms with Crippen LogP contribution in [0, 0.1) is 11.8 Å². The second kappa shape index (κ2) is 9.57. The Hall–Kier alpha value is -1.85. The Morgan fingerprint density at radius 1 is 1.11 bits per heavy atom. The molecular formula is C23H32N2O3. The van der Waals surface area contributed by atoms with E-state index in [-0.39, 0.29) is 5.92 Å². The summed E-state index contributed by atoms with van der Waals surface area (Å²) in [4.78, 5) is 14.6. The first-order chi connectivity index (χ1) is 13.8. The van der Waals surface area contributed by atoms with E-state index in [9.17, 15) is 4.79 Å². The molecule has 2 heterocycles. The highest BCUT2D eigenvalue weighted by molar-refractivity contribution is 5.80. The van der Waals surface area contributed by atoms with E-state index in [0.29, 0.717) is 25.0 Å². The highest BCUT2D eigenvalue weighted by Gasteiger charge is 2.27. The summed E-state index contributed by atoms with van der Waals surface area (Å²) < 4.78 is 11.4. The maximum atomic E-state index is 12.7. The monoisotopic (exact) mass is 384 g/mol. The minimum Gasteiger partial charge on any atom is -0.493 e. The minimum atomic E-state index is 0.134. The van der Waals surface area contributed by atoms with E-state index in [2.05, 4.69) is 35.7 Å². The van der Waals surface area contributed by atoms with E-state index in [1.165, 1.54) is 24.0 Å². The van der Waals surface area contributed by atoms with Crippen molar-refractivity contribution in [3.8, 4) is 5.75 Å². The van der Waals surface area contributed by atoms with Crippen LogP contribution in [0.3, 0.4) is 0 Å². The van der Waals surface area contributed by atoms with Gasteiger partial charge in [-0.15, -0.1) is 0 Å². The number of ether oxygens (including phenoxy) is 2. The van der Waals surface area contributed by atoms with E-state index < -0.39 is 0 Å². The van der Waals surface area contributed by atoms with Crippen molar-refractivity contribution < 1.29 is 14.3 Å². The van der Waals surface area contributed by atoms with E-state index in [1.807, 2.05) is 4.90 Å². The highest BCUT2D eigenvalue weighted by Crippen LogP contribution is 2.32. The van der Waals surface area contributed by atoms with Crippen LogP contribution in [0.2, 0.25) is 0 Å². The Kier molecular flexibility index (Phi) is 6.65. The van der Waals surface area contributed by atoms with Gasteiger partial charge >= 0.3 is 0 Å². The van der Waals surface area contributed by atoms with Gasteiger partial charge in [0.1, 0.15) is 5.75 Å². The minimum absolute atomic E-state index is 0.134. The maximum Gasteiger partial charge on any atom is 0.226 e. The molecule has 4 rings (SSSR count). The van der Waals surface area contributed by atoms with E-state index in [4.69, 9.17) is 9.47 Å². The Bertz CT molecular complexity index is 674. The number of nitrogens with one attached hydrogen (secondary N) is 1. The van der Waals surface area contributed by atoms with Crippen LogP contribution in [0.5, 0.6) is 5.75 Å². The van der Waals surface area contributed by atoms with Crippen molar-refractivity contribution in [3.05, 3.63) is 35.9 Å². The molecule has 5 nitrogen and oxygen atoms in total. The molecule has 2 fully saturated rings. The van der Waals surface area contributed by atoms with Crippen LogP contribution in [0.15, 0.2) is 30.3 Å². The van der Waals surface area contributed by atoms with Crippen LogP contribution in [0.25, 0.3) is 5.57 Å². The van der Waals surface area contributed by atoms with Gasteiger partial charge < -0.3 is 19.7 Å². The third-order valence-corrected chi connectivity index (χ3v) is 6.25. The molecule has 152 valence electrons. The molecule has 2 aliphatic heterocycles. The number of hydrogen-bond donors (Lipinski definition) is 1. The van der Waals surface area contributed by atoms with Crippen LogP contribution >= 0.6 is 0 Å². The molecule has 2 saturated heterocycles. The first-order valence-electron chi connectivity index (χ1n) is 10.8. The van der Waals surface area contributed by atoms with Gasteiger partial charge in [-0.2, -0.15) is 0 Å². The summed E-state index contributed by atoms with van der Waals surface area (Å²) in [5.41, 5.74) is 2.61.